The number of benzene rings is 1. The molecule has 1 aliphatic carbocycles. The Morgan fingerprint density at radius 2 is 1.85 bits per heavy atom. The van der Waals surface area contributed by atoms with E-state index in [1.54, 1.807) is 0 Å². The van der Waals surface area contributed by atoms with Crippen LogP contribution in [-0.4, -0.2) is 10.1 Å². The van der Waals surface area contributed by atoms with E-state index in [1.807, 2.05) is 18.2 Å². The van der Waals surface area contributed by atoms with Gasteiger partial charge in [-0.25, -0.2) is 0 Å². The molecule has 2 N–H and O–H groups in total. The lowest BCUT2D eigenvalue weighted by Gasteiger charge is -2.17. The highest BCUT2D eigenvalue weighted by Gasteiger charge is 2.36. The fourth-order valence-corrected chi connectivity index (χ4v) is 2.73. The van der Waals surface area contributed by atoms with Crippen LogP contribution in [0.1, 0.15) is 55.8 Å². The summed E-state index contributed by atoms with van der Waals surface area (Å²) in [5.74, 6) is 1.42. The predicted molar refractivity (Wildman–Crippen MR) is 79.8 cm³/mol. The average Bonchev–Trinajstić information content (AvgIpc) is 3.08. The van der Waals surface area contributed by atoms with Crippen LogP contribution in [0.4, 0.5) is 0 Å². The first-order valence-electron chi connectivity index (χ1n) is 6.87. The van der Waals surface area contributed by atoms with Crippen LogP contribution in [0.2, 0.25) is 0 Å². The van der Waals surface area contributed by atoms with Crippen LogP contribution >= 0.6 is 12.4 Å². The maximum atomic E-state index is 6.35. The van der Waals surface area contributed by atoms with Crippen LogP contribution < -0.4 is 5.73 Å². The summed E-state index contributed by atoms with van der Waals surface area (Å²) in [6.45, 7) is 2.07. The fourth-order valence-electron chi connectivity index (χ4n) is 2.73. The molecule has 1 saturated carbocycles. The predicted octanol–water partition coefficient (Wildman–Crippen LogP) is 3.37. The van der Waals surface area contributed by atoms with Gasteiger partial charge in [-0.1, -0.05) is 48.3 Å². The van der Waals surface area contributed by atoms with Gasteiger partial charge in [0.2, 0.25) is 5.89 Å². The van der Waals surface area contributed by atoms with Crippen molar-refractivity contribution in [1.29, 1.82) is 0 Å². The zero-order valence-corrected chi connectivity index (χ0v) is 12.4. The molecule has 5 heteroatoms. The van der Waals surface area contributed by atoms with Crippen LogP contribution in [0.15, 0.2) is 34.9 Å². The lowest BCUT2D eigenvalue weighted by molar-refractivity contribution is 0.344. The number of rotatable bonds is 3. The second kappa shape index (κ2) is 5.94. The molecule has 0 saturated heterocycles. The van der Waals surface area contributed by atoms with E-state index in [2.05, 4.69) is 29.2 Å². The highest BCUT2D eigenvalue weighted by Crippen LogP contribution is 2.35. The fraction of sp³-hybridized carbons (Fsp3) is 0.467. The van der Waals surface area contributed by atoms with Gasteiger partial charge in [0.25, 0.3) is 0 Å². The van der Waals surface area contributed by atoms with Gasteiger partial charge in [-0.05, 0) is 25.3 Å². The molecule has 1 unspecified atom stereocenters. The van der Waals surface area contributed by atoms with Gasteiger partial charge in [-0.15, -0.1) is 12.4 Å². The molecule has 0 spiro atoms. The third-order valence-corrected chi connectivity index (χ3v) is 4.05. The molecule has 4 nitrogen and oxygen atoms in total. The number of hydrogen-bond donors (Lipinski definition) is 1. The van der Waals surface area contributed by atoms with E-state index in [-0.39, 0.29) is 23.9 Å². The van der Waals surface area contributed by atoms with E-state index < -0.39 is 0 Å². The van der Waals surface area contributed by atoms with Gasteiger partial charge >= 0.3 is 0 Å². The molecule has 20 heavy (non-hydrogen) atoms. The maximum Gasteiger partial charge on any atom is 0.233 e. The molecule has 1 aromatic heterocycles. The summed E-state index contributed by atoms with van der Waals surface area (Å²) in [4.78, 5) is 4.54. The van der Waals surface area contributed by atoms with Gasteiger partial charge in [0, 0.05) is 0 Å². The molecule has 0 aliphatic heterocycles. The number of aromatic nitrogens is 2. The first-order valence-corrected chi connectivity index (χ1v) is 6.87. The van der Waals surface area contributed by atoms with Gasteiger partial charge in [0.15, 0.2) is 5.82 Å². The Morgan fingerprint density at radius 3 is 2.50 bits per heavy atom. The Labute approximate surface area is 125 Å². The average molecular weight is 294 g/mol. The minimum Gasteiger partial charge on any atom is -0.339 e. The number of nitrogens with zero attached hydrogens (tertiary/aromatic N) is 2. The Kier molecular flexibility index (Phi) is 4.45. The highest BCUT2D eigenvalue weighted by atomic mass is 35.5. The topological polar surface area (TPSA) is 64.9 Å². The van der Waals surface area contributed by atoms with Crippen molar-refractivity contribution in [2.45, 2.75) is 44.1 Å². The van der Waals surface area contributed by atoms with Crippen molar-refractivity contribution >= 4 is 12.4 Å². The number of nitrogens with two attached hydrogens (primary N) is 1. The van der Waals surface area contributed by atoms with Crippen LogP contribution in [0, 0.1) is 0 Å². The van der Waals surface area contributed by atoms with Crippen molar-refractivity contribution in [1.82, 2.24) is 10.1 Å². The summed E-state index contributed by atoms with van der Waals surface area (Å²) in [6, 6.07) is 10.2. The summed E-state index contributed by atoms with van der Waals surface area (Å²) in [5, 5.41) is 4.11. The summed E-state index contributed by atoms with van der Waals surface area (Å²) < 4.78 is 5.42. The van der Waals surface area contributed by atoms with Gasteiger partial charge in [-0.2, -0.15) is 4.98 Å². The molecule has 2 aromatic rings. The van der Waals surface area contributed by atoms with E-state index in [0.29, 0.717) is 11.7 Å². The van der Waals surface area contributed by atoms with E-state index in [1.165, 1.54) is 5.56 Å². The number of hydrogen-bond acceptors (Lipinski definition) is 4. The second-order valence-corrected chi connectivity index (χ2v) is 5.45. The summed E-state index contributed by atoms with van der Waals surface area (Å²) >= 11 is 0. The molecule has 1 aromatic carbocycles. The van der Waals surface area contributed by atoms with Crippen molar-refractivity contribution in [2.75, 3.05) is 0 Å². The summed E-state index contributed by atoms with van der Waals surface area (Å²) in [5.41, 5.74) is 7.15. The molecular formula is C15H20ClN3O. The first kappa shape index (κ1) is 15.0. The third kappa shape index (κ3) is 2.72. The third-order valence-electron chi connectivity index (χ3n) is 4.05. The normalized spacial score (nSPS) is 18.5. The SMILES string of the molecule is CC(c1ccccc1)c1nc(C2(N)CCCC2)no1.Cl. The van der Waals surface area contributed by atoms with Gasteiger partial charge in [0.1, 0.15) is 0 Å². The lowest BCUT2D eigenvalue weighted by Crippen LogP contribution is -2.34. The van der Waals surface area contributed by atoms with E-state index in [0.717, 1.165) is 25.7 Å². The number of halogens is 1. The highest BCUT2D eigenvalue weighted by molar-refractivity contribution is 5.85. The molecule has 3 rings (SSSR count). The quantitative estimate of drug-likeness (QED) is 0.942. The maximum absolute atomic E-state index is 6.35. The Balaban J connectivity index is 0.00000147. The summed E-state index contributed by atoms with van der Waals surface area (Å²) in [7, 11) is 0. The van der Waals surface area contributed by atoms with Crippen molar-refractivity contribution in [3.63, 3.8) is 0 Å². The van der Waals surface area contributed by atoms with Crippen LogP contribution in [0.3, 0.4) is 0 Å². The molecule has 1 atom stereocenters. The second-order valence-electron chi connectivity index (χ2n) is 5.45. The van der Waals surface area contributed by atoms with Crippen LogP contribution in [0.5, 0.6) is 0 Å². The Bertz CT molecular complexity index is 549. The smallest absolute Gasteiger partial charge is 0.233 e. The standard InChI is InChI=1S/C15H19N3O.ClH/c1-11(12-7-3-2-4-8-12)13-17-14(18-19-13)15(16)9-5-6-10-15;/h2-4,7-8,11H,5-6,9-10,16H2,1H3;1H. The van der Waals surface area contributed by atoms with Crippen molar-refractivity contribution in [2.24, 2.45) is 5.73 Å². The van der Waals surface area contributed by atoms with Crippen molar-refractivity contribution in [3.05, 3.63) is 47.6 Å². The van der Waals surface area contributed by atoms with E-state index >= 15 is 0 Å². The molecule has 1 fully saturated rings. The molecule has 0 radical (unpaired) electrons. The van der Waals surface area contributed by atoms with E-state index in [4.69, 9.17) is 10.3 Å². The summed E-state index contributed by atoms with van der Waals surface area (Å²) in [6.07, 6.45) is 4.20. The zero-order valence-electron chi connectivity index (χ0n) is 11.6. The molecule has 0 bridgehead atoms. The van der Waals surface area contributed by atoms with Crippen LogP contribution in [-0.2, 0) is 5.54 Å². The molecular weight excluding hydrogens is 274 g/mol. The molecule has 108 valence electrons. The minimum absolute atomic E-state index is 0. The minimum atomic E-state index is -0.377. The van der Waals surface area contributed by atoms with E-state index in [9.17, 15) is 0 Å². The van der Waals surface area contributed by atoms with Crippen LogP contribution in [0.25, 0.3) is 0 Å². The monoisotopic (exact) mass is 293 g/mol. The largest absolute Gasteiger partial charge is 0.339 e. The zero-order chi connectivity index (χ0) is 13.3. The first-order chi connectivity index (χ1) is 9.19. The van der Waals surface area contributed by atoms with Gasteiger partial charge in [0.05, 0.1) is 11.5 Å². The van der Waals surface area contributed by atoms with Crippen molar-refractivity contribution < 1.29 is 4.52 Å². The Morgan fingerprint density at radius 1 is 1.20 bits per heavy atom. The van der Waals surface area contributed by atoms with Crippen molar-refractivity contribution in [3.8, 4) is 0 Å². The molecule has 1 heterocycles. The van der Waals surface area contributed by atoms with Gasteiger partial charge < -0.3 is 10.3 Å². The molecule has 1 aliphatic rings. The molecule has 0 amide bonds. The lowest BCUT2D eigenvalue weighted by atomic mass is 9.98. The Hall–Kier alpha value is -1.39. The van der Waals surface area contributed by atoms with Gasteiger partial charge in [-0.3, -0.25) is 0 Å².